The van der Waals surface area contributed by atoms with Gasteiger partial charge in [0.05, 0.1) is 15.0 Å². The zero-order valence-corrected chi connectivity index (χ0v) is 15.4. The number of nitrogens with one attached hydrogen (secondary N) is 1. The summed E-state index contributed by atoms with van der Waals surface area (Å²) in [5.41, 5.74) is 1.24. The summed E-state index contributed by atoms with van der Waals surface area (Å²) in [5, 5.41) is 3.17. The van der Waals surface area contributed by atoms with Crippen LogP contribution in [0.1, 0.15) is 44.6 Å². The van der Waals surface area contributed by atoms with Gasteiger partial charge in [0, 0.05) is 6.54 Å². The van der Waals surface area contributed by atoms with Crippen LogP contribution in [0.3, 0.4) is 0 Å². The van der Waals surface area contributed by atoms with Gasteiger partial charge in [-0.25, -0.2) is 0 Å². The van der Waals surface area contributed by atoms with E-state index in [1.165, 1.54) is 37.7 Å². The molecule has 0 aliphatic heterocycles. The van der Waals surface area contributed by atoms with Crippen LogP contribution in [0.15, 0.2) is 21.1 Å². The monoisotopic (exact) mass is 403 g/mol. The normalized spacial score (nSPS) is 22.8. The van der Waals surface area contributed by atoms with Gasteiger partial charge in [-0.15, -0.1) is 0 Å². The van der Waals surface area contributed by atoms with Gasteiger partial charge in [0.15, 0.2) is 0 Å². The molecule has 0 bridgehead atoms. The molecule has 1 aliphatic rings. The first-order valence-electron chi connectivity index (χ1n) is 7.43. The lowest BCUT2D eigenvalue weighted by molar-refractivity contribution is 0.120. The fourth-order valence-corrected chi connectivity index (χ4v) is 4.39. The maximum Gasteiger partial charge on any atom is 0.148 e. The summed E-state index contributed by atoms with van der Waals surface area (Å²) in [5.74, 6) is 1.78. The van der Waals surface area contributed by atoms with Gasteiger partial charge < -0.3 is 10.1 Å². The topological polar surface area (TPSA) is 21.3 Å². The highest BCUT2D eigenvalue weighted by atomic mass is 79.9. The minimum absolute atomic E-state index is 0.358. The van der Waals surface area contributed by atoms with E-state index in [9.17, 15) is 0 Å². The Labute approximate surface area is 138 Å². The second-order valence-electron chi connectivity index (χ2n) is 5.60. The molecule has 2 unspecified atom stereocenters. The summed E-state index contributed by atoms with van der Waals surface area (Å²) in [4.78, 5) is 0. The maximum atomic E-state index is 6.27. The van der Waals surface area contributed by atoms with Crippen molar-refractivity contribution >= 4 is 31.9 Å². The lowest BCUT2D eigenvalue weighted by Crippen LogP contribution is -2.25. The number of hydrogen-bond acceptors (Lipinski definition) is 2. The lowest BCUT2D eigenvalue weighted by Gasteiger charge is -2.29. The fourth-order valence-electron chi connectivity index (χ4n) is 2.92. The molecule has 2 nitrogen and oxygen atoms in total. The van der Waals surface area contributed by atoms with Crippen LogP contribution in [0.2, 0.25) is 0 Å². The molecule has 0 heterocycles. The highest BCUT2D eigenvalue weighted by Gasteiger charge is 2.23. The Morgan fingerprint density at radius 3 is 2.55 bits per heavy atom. The van der Waals surface area contributed by atoms with Gasteiger partial charge in [-0.3, -0.25) is 0 Å². The van der Waals surface area contributed by atoms with Gasteiger partial charge in [-0.2, -0.15) is 0 Å². The zero-order valence-electron chi connectivity index (χ0n) is 12.2. The number of ether oxygens (including phenoxy) is 1. The Morgan fingerprint density at radius 2 is 1.95 bits per heavy atom. The van der Waals surface area contributed by atoms with Gasteiger partial charge >= 0.3 is 0 Å². The molecule has 4 heteroatoms. The van der Waals surface area contributed by atoms with Crippen molar-refractivity contribution in [3.05, 3.63) is 26.6 Å². The van der Waals surface area contributed by atoms with E-state index >= 15 is 0 Å². The fraction of sp³-hybridized carbons (Fsp3) is 0.625. The van der Waals surface area contributed by atoms with Gasteiger partial charge in [-0.1, -0.05) is 19.8 Å². The summed E-state index contributed by atoms with van der Waals surface area (Å²) in [6, 6.07) is 4.27. The van der Waals surface area contributed by atoms with Crippen LogP contribution in [0.25, 0.3) is 0 Å². The van der Waals surface area contributed by atoms with Crippen molar-refractivity contribution in [2.24, 2.45) is 5.92 Å². The van der Waals surface area contributed by atoms with E-state index in [2.05, 4.69) is 56.2 Å². The predicted molar refractivity (Wildman–Crippen MR) is 91.3 cm³/mol. The number of benzene rings is 1. The van der Waals surface area contributed by atoms with Crippen molar-refractivity contribution in [1.29, 1.82) is 0 Å². The molecule has 1 aliphatic carbocycles. The Balaban J connectivity index is 2.09. The summed E-state index contributed by atoms with van der Waals surface area (Å²) in [7, 11) is 1.96. The highest BCUT2D eigenvalue weighted by Crippen LogP contribution is 2.38. The second-order valence-corrected chi connectivity index (χ2v) is 7.31. The van der Waals surface area contributed by atoms with Crippen molar-refractivity contribution in [2.75, 3.05) is 7.05 Å². The quantitative estimate of drug-likeness (QED) is 0.720. The van der Waals surface area contributed by atoms with Gasteiger partial charge in [0.25, 0.3) is 0 Å². The Bertz CT molecular complexity index is 427. The molecule has 1 aromatic carbocycles. The highest BCUT2D eigenvalue weighted by molar-refractivity contribution is 9.11. The minimum Gasteiger partial charge on any atom is -0.488 e. The summed E-state index contributed by atoms with van der Waals surface area (Å²) in [6.45, 7) is 3.14. The molecule has 0 amide bonds. The molecule has 2 atom stereocenters. The van der Waals surface area contributed by atoms with E-state index in [0.717, 1.165) is 27.2 Å². The average Bonchev–Trinajstić information content (AvgIpc) is 2.43. The molecule has 20 heavy (non-hydrogen) atoms. The first-order valence-corrected chi connectivity index (χ1v) is 9.01. The molecule has 112 valence electrons. The van der Waals surface area contributed by atoms with Crippen molar-refractivity contribution < 1.29 is 4.74 Å². The third-order valence-electron chi connectivity index (χ3n) is 4.04. The van der Waals surface area contributed by atoms with Crippen LogP contribution in [0.5, 0.6) is 5.75 Å². The molecule has 0 radical (unpaired) electrons. The third kappa shape index (κ3) is 4.22. The molecule has 1 fully saturated rings. The molecular weight excluding hydrogens is 382 g/mol. The van der Waals surface area contributed by atoms with Crippen LogP contribution >= 0.6 is 31.9 Å². The SMILES string of the molecule is CCC1CCCC(Oc2c(Br)cc(CNC)cc2Br)C1. The van der Waals surface area contributed by atoms with E-state index in [4.69, 9.17) is 4.74 Å². The van der Waals surface area contributed by atoms with E-state index < -0.39 is 0 Å². The average molecular weight is 405 g/mol. The molecule has 2 rings (SSSR count). The second kappa shape index (κ2) is 7.81. The number of hydrogen-bond donors (Lipinski definition) is 1. The van der Waals surface area contributed by atoms with Crippen molar-refractivity contribution in [1.82, 2.24) is 5.32 Å². The number of halogens is 2. The predicted octanol–water partition coefficient (Wildman–Crippen LogP) is 5.28. The standard InChI is InChI=1S/C16H23Br2NO/c1-3-11-5-4-6-13(7-11)20-16-14(17)8-12(10-19-2)9-15(16)18/h8-9,11,13,19H,3-7,10H2,1-2H3. The van der Waals surface area contributed by atoms with Crippen molar-refractivity contribution in [3.63, 3.8) is 0 Å². The maximum absolute atomic E-state index is 6.27. The molecule has 0 spiro atoms. The summed E-state index contributed by atoms with van der Waals surface area (Å²) >= 11 is 7.29. The molecule has 1 saturated carbocycles. The smallest absolute Gasteiger partial charge is 0.148 e. The van der Waals surface area contributed by atoms with E-state index in [1.54, 1.807) is 0 Å². The van der Waals surface area contributed by atoms with E-state index in [-0.39, 0.29) is 0 Å². The first-order chi connectivity index (χ1) is 9.63. The van der Waals surface area contributed by atoms with Crippen LogP contribution in [-0.4, -0.2) is 13.2 Å². The van der Waals surface area contributed by atoms with Crippen molar-refractivity contribution in [2.45, 2.75) is 51.7 Å². The third-order valence-corrected chi connectivity index (χ3v) is 5.21. The molecule has 0 saturated heterocycles. The molecule has 0 aromatic heterocycles. The Morgan fingerprint density at radius 1 is 1.25 bits per heavy atom. The van der Waals surface area contributed by atoms with Gasteiger partial charge in [-0.05, 0) is 81.8 Å². The number of rotatable bonds is 5. The van der Waals surface area contributed by atoms with Gasteiger partial charge in [0.1, 0.15) is 5.75 Å². The van der Waals surface area contributed by atoms with E-state index in [0.29, 0.717) is 6.10 Å². The van der Waals surface area contributed by atoms with Crippen LogP contribution in [0.4, 0.5) is 0 Å². The Hall–Kier alpha value is -0.0600. The Kier molecular flexibility index (Phi) is 6.37. The van der Waals surface area contributed by atoms with Crippen LogP contribution in [-0.2, 0) is 6.54 Å². The summed E-state index contributed by atoms with van der Waals surface area (Å²) in [6.07, 6.45) is 6.64. The summed E-state index contributed by atoms with van der Waals surface area (Å²) < 4.78 is 8.34. The largest absolute Gasteiger partial charge is 0.488 e. The first kappa shape index (κ1) is 16.3. The van der Waals surface area contributed by atoms with Crippen LogP contribution < -0.4 is 10.1 Å². The molecular formula is C16H23Br2NO. The molecule has 1 N–H and O–H groups in total. The lowest BCUT2D eigenvalue weighted by atomic mass is 9.85. The van der Waals surface area contributed by atoms with Crippen molar-refractivity contribution in [3.8, 4) is 5.75 Å². The molecule has 1 aromatic rings. The zero-order chi connectivity index (χ0) is 14.5. The van der Waals surface area contributed by atoms with Crippen LogP contribution in [0, 0.1) is 5.92 Å². The van der Waals surface area contributed by atoms with Gasteiger partial charge in [0.2, 0.25) is 0 Å². The van der Waals surface area contributed by atoms with E-state index in [1.807, 2.05) is 7.05 Å². The minimum atomic E-state index is 0.358.